The van der Waals surface area contributed by atoms with Crippen molar-refractivity contribution >= 4 is 17.8 Å². The van der Waals surface area contributed by atoms with Gasteiger partial charge < -0.3 is 20.3 Å². The zero-order chi connectivity index (χ0) is 17.2. The zero-order valence-corrected chi connectivity index (χ0v) is 13.9. The molecule has 0 aliphatic carbocycles. The molecule has 1 atom stereocenters. The number of rotatable bonds is 1. The van der Waals surface area contributed by atoms with E-state index in [1.54, 1.807) is 9.80 Å². The average Bonchev–Trinajstić information content (AvgIpc) is 2.75. The topological polar surface area (TPSA) is 115 Å². The average molecular weight is 325 g/mol. The van der Waals surface area contributed by atoms with Crippen LogP contribution in [-0.4, -0.2) is 63.4 Å². The number of carbonyl (C=O) groups excluding carboxylic acids is 2. The van der Waals surface area contributed by atoms with Crippen LogP contribution in [0.4, 0.5) is 10.6 Å². The highest BCUT2D eigenvalue weighted by Gasteiger charge is 2.31. The van der Waals surface area contributed by atoms with E-state index in [9.17, 15) is 9.59 Å². The quantitative estimate of drug-likeness (QED) is 0.822. The van der Waals surface area contributed by atoms with Gasteiger partial charge in [0, 0.05) is 25.7 Å². The Morgan fingerprint density at radius 3 is 2.52 bits per heavy atom. The van der Waals surface area contributed by atoms with Crippen molar-refractivity contribution in [2.75, 3.05) is 25.4 Å². The van der Waals surface area contributed by atoms with E-state index in [4.69, 9.17) is 10.5 Å². The lowest BCUT2D eigenvalue weighted by Gasteiger charge is -2.26. The standard InChI is InChI=1S/C14H23N5O4/c1-9-5-6-18(13(21)22-14(2,3)4)7-8-19(9)12(20)10-11(15)17-23-16-10/h9H,5-8H2,1-4H3,(H2,15,17). The van der Waals surface area contributed by atoms with Crippen LogP contribution in [0.5, 0.6) is 0 Å². The lowest BCUT2D eigenvalue weighted by Crippen LogP contribution is -2.41. The van der Waals surface area contributed by atoms with Crippen LogP contribution in [0.25, 0.3) is 0 Å². The predicted octanol–water partition coefficient (Wildman–Crippen LogP) is 1.12. The fourth-order valence-electron chi connectivity index (χ4n) is 2.35. The van der Waals surface area contributed by atoms with E-state index >= 15 is 0 Å². The number of carbonyl (C=O) groups is 2. The van der Waals surface area contributed by atoms with Gasteiger partial charge in [-0.3, -0.25) is 4.79 Å². The van der Waals surface area contributed by atoms with E-state index in [0.29, 0.717) is 26.1 Å². The smallest absolute Gasteiger partial charge is 0.410 e. The summed E-state index contributed by atoms with van der Waals surface area (Å²) in [5.41, 5.74) is 5.03. The molecular formula is C14H23N5O4. The molecular weight excluding hydrogens is 302 g/mol. The van der Waals surface area contributed by atoms with Crippen LogP contribution in [0.15, 0.2) is 4.63 Å². The molecule has 2 heterocycles. The van der Waals surface area contributed by atoms with Crippen molar-refractivity contribution in [3.8, 4) is 0 Å². The number of hydrogen-bond donors (Lipinski definition) is 1. The molecule has 23 heavy (non-hydrogen) atoms. The third kappa shape index (κ3) is 4.11. The summed E-state index contributed by atoms with van der Waals surface area (Å²) >= 11 is 0. The second kappa shape index (κ2) is 6.43. The molecule has 1 aromatic heterocycles. The molecule has 2 rings (SSSR count). The summed E-state index contributed by atoms with van der Waals surface area (Å²) in [6, 6.07) is -0.0639. The normalized spacial score (nSPS) is 19.4. The molecule has 0 aromatic carbocycles. The Morgan fingerprint density at radius 1 is 1.26 bits per heavy atom. The molecule has 2 amide bonds. The van der Waals surface area contributed by atoms with Gasteiger partial charge in [-0.15, -0.1) is 0 Å². The number of nitrogens with two attached hydrogens (primary N) is 1. The number of nitrogen functional groups attached to an aromatic ring is 1. The van der Waals surface area contributed by atoms with Crippen LogP contribution < -0.4 is 5.73 Å². The van der Waals surface area contributed by atoms with Crippen LogP contribution in [-0.2, 0) is 4.74 Å². The Labute approximate surface area is 134 Å². The minimum atomic E-state index is -0.550. The number of aromatic nitrogens is 2. The number of hydrogen-bond acceptors (Lipinski definition) is 7. The monoisotopic (exact) mass is 325 g/mol. The van der Waals surface area contributed by atoms with E-state index in [-0.39, 0.29) is 29.6 Å². The second-order valence-corrected chi connectivity index (χ2v) is 6.60. The molecule has 2 N–H and O–H groups in total. The Balaban J connectivity index is 2.05. The summed E-state index contributed by atoms with van der Waals surface area (Å²) in [7, 11) is 0. The molecule has 0 spiro atoms. The van der Waals surface area contributed by atoms with Crippen molar-refractivity contribution in [3.63, 3.8) is 0 Å². The van der Waals surface area contributed by atoms with Gasteiger partial charge in [-0.1, -0.05) is 0 Å². The van der Waals surface area contributed by atoms with Crippen molar-refractivity contribution in [1.29, 1.82) is 0 Å². The Kier molecular flexibility index (Phi) is 4.76. The number of ether oxygens (including phenoxy) is 1. The van der Waals surface area contributed by atoms with Crippen molar-refractivity contribution in [2.45, 2.75) is 45.8 Å². The molecule has 9 heteroatoms. The maximum atomic E-state index is 12.5. The molecule has 1 aromatic rings. The molecule has 1 saturated heterocycles. The molecule has 128 valence electrons. The third-order valence-electron chi connectivity index (χ3n) is 3.59. The third-order valence-corrected chi connectivity index (χ3v) is 3.59. The lowest BCUT2D eigenvalue weighted by atomic mass is 10.2. The van der Waals surface area contributed by atoms with Crippen molar-refractivity contribution < 1.29 is 19.0 Å². The second-order valence-electron chi connectivity index (χ2n) is 6.60. The summed E-state index contributed by atoms with van der Waals surface area (Å²) in [6.07, 6.45) is 0.262. The number of nitrogens with zero attached hydrogens (tertiary/aromatic N) is 4. The van der Waals surface area contributed by atoms with Gasteiger partial charge in [-0.05, 0) is 44.4 Å². The first kappa shape index (κ1) is 17.0. The van der Waals surface area contributed by atoms with Crippen LogP contribution in [0.1, 0.15) is 44.6 Å². The van der Waals surface area contributed by atoms with Crippen molar-refractivity contribution in [3.05, 3.63) is 5.69 Å². The summed E-state index contributed by atoms with van der Waals surface area (Å²) in [6.45, 7) is 8.65. The Morgan fingerprint density at radius 2 is 1.96 bits per heavy atom. The fraction of sp³-hybridized carbons (Fsp3) is 0.714. The predicted molar refractivity (Wildman–Crippen MR) is 81.6 cm³/mol. The summed E-state index contributed by atoms with van der Waals surface area (Å²) in [5.74, 6) is -0.377. The Hall–Kier alpha value is -2.32. The first-order valence-electron chi connectivity index (χ1n) is 7.56. The van der Waals surface area contributed by atoms with Gasteiger partial charge in [0.15, 0.2) is 0 Å². The Bertz CT molecular complexity index is 580. The minimum Gasteiger partial charge on any atom is -0.444 e. The number of amides is 2. The molecule has 9 nitrogen and oxygen atoms in total. The highest BCUT2D eigenvalue weighted by Crippen LogP contribution is 2.18. The highest BCUT2D eigenvalue weighted by atomic mass is 16.6. The summed E-state index contributed by atoms with van der Waals surface area (Å²) in [5, 5.41) is 6.98. The molecule has 1 fully saturated rings. The van der Waals surface area contributed by atoms with Gasteiger partial charge in [0.1, 0.15) is 5.60 Å². The van der Waals surface area contributed by atoms with Gasteiger partial charge in [0.05, 0.1) is 0 Å². The van der Waals surface area contributed by atoms with E-state index in [1.165, 1.54) is 0 Å². The van der Waals surface area contributed by atoms with Crippen LogP contribution in [0.3, 0.4) is 0 Å². The molecule has 0 bridgehead atoms. The molecule has 1 aliphatic heterocycles. The fourth-order valence-corrected chi connectivity index (χ4v) is 2.35. The summed E-state index contributed by atoms with van der Waals surface area (Å²) in [4.78, 5) is 27.9. The molecule has 1 aliphatic rings. The first-order chi connectivity index (χ1) is 10.7. The van der Waals surface area contributed by atoms with Gasteiger partial charge in [0.25, 0.3) is 5.91 Å². The van der Waals surface area contributed by atoms with Crippen molar-refractivity contribution in [1.82, 2.24) is 20.1 Å². The molecule has 0 radical (unpaired) electrons. The first-order valence-corrected chi connectivity index (χ1v) is 7.56. The van der Waals surface area contributed by atoms with E-state index in [2.05, 4.69) is 14.9 Å². The minimum absolute atomic E-state index is 0.00238. The number of anilines is 1. The largest absolute Gasteiger partial charge is 0.444 e. The maximum Gasteiger partial charge on any atom is 0.410 e. The van der Waals surface area contributed by atoms with Crippen molar-refractivity contribution in [2.24, 2.45) is 0 Å². The SMILES string of the molecule is CC1CCN(C(=O)OC(C)(C)C)CCN1C(=O)c1nonc1N. The van der Waals surface area contributed by atoms with Gasteiger partial charge in [-0.25, -0.2) is 9.42 Å². The maximum absolute atomic E-state index is 12.5. The zero-order valence-electron chi connectivity index (χ0n) is 13.9. The van der Waals surface area contributed by atoms with Crippen LogP contribution >= 0.6 is 0 Å². The molecule has 1 unspecified atom stereocenters. The molecule has 0 saturated carbocycles. The van der Waals surface area contributed by atoms with Gasteiger partial charge >= 0.3 is 6.09 Å². The van der Waals surface area contributed by atoms with Crippen LogP contribution in [0, 0.1) is 0 Å². The van der Waals surface area contributed by atoms with Gasteiger partial charge in [0.2, 0.25) is 11.5 Å². The summed E-state index contributed by atoms with van der Waals surface area (Å²) < 4.78 is 9.86. The van der Waals surface area contributed by atoms with E-state index < -0.39 is 5.60 Å². The lowest BCUT2D eigenvalue weighted by molar-refractivity contribution is 0.0255. The van der Waals surface area contributed by atoms with E-state index in [0.717, 1.165) is 0 Å². The highest BCUT2D eigenvalue weighted by molar-refractivity contribution is 5.96. The van der Waals surface area contributed by atoms with Gasteiger partial charge in [-0.2, -0.15) is 0 Å². The van der Waals surface area contributed by atoms with E-state index in [1.807, 2.05) is 27.7 Å². The van der Waals surface area contributed by atoms with Crippen LogP contribution in [0.2, 0.25) is 0 Å².